The van der Waals surface area contributed by atoms with Crippen molar-refractivity contribution in [2.75, 3.05) is 11.9 Å². The zero-order chi connectivity index (χ0) is 17.9. The molecular weight excluding hydrogens is 349 g/mol. The van der Waals surface area contributed by atoms with Crippen LogP contribution in [0.2, 0.25) is 0 Å². The molecule has 4 N–H and O–H groups in total. The Kier molecular flexibility index (Phi) is 5.24. The highest BCUT2D eigenvalue weighted by Gasteiger charge is 2.31. The Labute approximate surface area is 138 Å². The van der Waals surface area contributed by atoms with Crippen LogP contribution in [0.25, 0.3) is 10.2 Å². The second-order valence-corrected chi connectivity index (χ2v) is 5.78. The van der Waals surface area contributed by atoms with E-state index >= 15 is 0 Å². The monoisotopic (exact) mass is 362 g/mol. The number of aromatic nitrogens is 1. The van der Waals surface area contributed by atoms with Gasteiger partial charge in [0.2, 0.25) is 11.8 Å². The number of hydrogen-bond donors (Lipinski definition) is 3. The molecule has 11 heteroatoms. The van der Waals surface area contributed by atoms with Crippen LogP contribution in [0, 0.1) is 0 Å². The van der Waals surface area contributed by atoms with E-state index in [-0.39, 0.29) is 17.4 Å². The Morgan fingerprint density at radius 2 is 2.12 bits per heavy atom. The molecule has 0 saturated carbocycles. The molecule has 1 atom stereocenters. The first kappa shape index (κ1) is 17.9. The molecule has 24 heavy (non-hydrogen) atoms. The zero-order valence-electron chi connectivity index (χ0n) is 12.3. The first-order valence-electron chi connectivity index (χ1n) is 6.63. The lowest BCUT2D eigenvalue weighted by Crippen LogP contribution is -2.41. The highest BCUT2D eigenvalue weighted by Crippen LogP contribution is 2.31. The van der Waals surface area contributed by atoms with Crippen LogP contribution in [0.4, 0.5) is 18.3 Å². The van der Waals surface area contributed by atoms with Gasteiger partial charge in [-0.05, 0) is 19.1 Å². The number of anilines is 1. The number of ether oxygens (including phenoxy) is 1. The van der Waals surface area contributed by atoms with Crippen molar-refractivity contribution < 1.29 is 27.5 Å². The van der Waals surface area contributed by atoms with Crippen LogP contribution in [-0.4, -0.2) is 35.7 Å². The van der Waals surface area contributed by atoms with E-state index < -0.39 is 24.2 Å². The molecule has 2 aromatic rings. The number of carbonyl (C=O) groups is 2. The van der Waals surface area contributed by atoms with Gasteiger partial charge < -0.3 is 21.1 Å². The second kappa shape index (κ2) is 7.01. The van der Waals surface area contributed by atoms with Crippen molar-refractivity contribution >= 4 is 38.5 Å². The Hall–Kier alpha value is -2.40. The first-order chi connectivity index (χ1) is 11.1. The summed E-state index contributed by atoms with van der Waals surface area (Å²) in [6.45, 7) is 1.18. The first-order valence-corrected chi connectivity index (χ1v) is 7.45. The Morgan fingerprint density at radius 3 is 2.75 bits per heavy atom. The van der Waals surface area contributed by atoms with Crippen molar-refractivity contribution in [2.45, 2.75) is 19.3 Å². The summed E-state index contributed by atoms with van der Waals surface area (Å²) in [5.41, 5.74) is 5.74. The van der Waals surface area contributed by atoms with Gasteiger partial charge in [-0.2, -0.15) is 0 Å². The highest BCUT2D eigenvalue weighted by atomic mass is 32.1. The van der Waals surface area contributed by atoms with Gasteiger partial charge in [0.05, 0.1) is 22.8 Å². The van der Waals surface area contributed by atoms with Gasteiger partial charge in [0, 0.05) is 6.07 Å². The topological polar surface area (TPSA) is 106 Å². The highest BCUT2D eigenvalue weighted by molar-refractivity contribution is 7.22. The van der Waals surface area contributed by atoms with Gasteiger partial charge in [0.1, 0.15) is 5.75 Å². The van der Waals surface area contributed by atoms with E-state index in [9.17, 15) is 22.8 Å². The summed E-state index contributed by atoms with van der Waals surface area (Å²) in [7, 11) is 0. The minimum absolute atomic E-state index is 0.189. The molecule has 0 bridgehead atoms. The minimum Gasteiger partial charge on any atom is -0.406 e. The SMILES string of the molecule is C[C@@H](N)C(=O)NCC(=O)Nc1nc2ccc(OC(F)(F)F)cc2s1. The summed E-state index contributed by atoms with van der Waals surface area (Å²) in [6.07, 6.45) is -4.78. The van der Waals surface area contributed by atoms with Crippen LogP contribution >= 0.6 is 11.3 Å². The molecule has 0 aliphatic carbocycles. The molecule has 0 unspecified atom stereocenters. The second-order valence-electron chi connectivity index (χ2n) is 4.75. The van der Waals surface area contributed by atoms with E-state index in [1.165, 1.54) is 19.1 Å². The molecule has 0 aliphatic heterocycles. The number of alkyl halides is 3. The van der Waals surface area contributed by atoms with E-state index in [2.05, 4.69) is 20.4 Å². The summed E-state index contributed by atoms with van der Waals surface area (Å²) in [6, 6.07) is 2.91. The fraction of sp³-hybridized carbons (Fsp3) is 0.308. The summed E-state index contributed by atoms with van der Waals surface area (Å²) in [5.74, 6) is -1.39. The molecular formula is C13H13F3N4O3S. The van der Waals surface area contributed by atoms with E-state index in [1.54, 1.807) is 0 Å². The average molecular weight is 362 g/mol. The summed E-state index contributed by atoms with van der Waals surface area (Å²) in [4.78, 5) is 27.0. The lowest BCUT2D eigenvalue weighted by molar-refractivity contribution is -0.274. The lowest BCUT2D eigenvalue weighted by atomic mass is 10.3. The van der Waals surface area contributed by atoms with Crippen LogP contribution in [0.15, 0.2) is 18.2 Å². The molecule has 1 aromatic heterocycles. The maximum Gasteiger partial charge on any atom is 0.573 e. The van der Waals surface area contributed by atoms with E-state index in [4.69, 9.17) is 5.73 Å². The zero-order valence-corrected chi connectivity index (χ0v) is 13.1. The molecule has 0 aliphatic rings. The number of nitrogens with zero attached hydrogens (tertiary/aromatic N) is 1. The number of nitrogens with one attached hydrogen (secondary N) is 2. The normalized spacial score (nSPS) is 12.7. The maximum atomic E-state index is 12.2. The van der Waals surface area contributed by atoms with Crippen molar-refractivity contribution in [1.29, 1.82) is 0 Å². The smallest absolute Gasteiger partial charge is 0.406 e. The predicted molar refractivity (Wildman–Crippen MR) is 81.6 cm³/mol. The van der Waals surface area contributed by atoms with Crippen molar-refractivity contribution in [3.8, 4) is 5.75 Å². The molecule has 1 aromatic carbocycles. The molecule has 2 rings (SSSR count). The average Bonchev–Trinajstić information content (AvgIpc) is 2.84. The van der Waals surface area contributed by atoms with Gasteiger partial charge in [-0.3, -0.25) is 9.59 Å². The van der Waals surface area contributed by atoms with Crippen molar-refractivity contribution in [2.24, 2.45) is 5.73 Å². The van der Waals surface area contributed by atoms with Crippen LogP contribution in [0.3, 0.4) is 0 Å². The quantitative estimate of drug-likeness (QED) is 0.749. The number of halogens is 3. The predicted octanol–water partition coefficient (Wildman–Crippen LogP) is 1.60. The number of benzene rings is 1. The molecule has 0 fully saturated rings. The summed E-state index contributed by atoms with van der Waals surface area (Å²) >= 11 is 0.979. The fourth-order valence-electron chi connectivity index (χ4n) is 1.65. The third-order valence-electron chi connectivity index (χ3n) is 2.68. The van der Waals surface area contributed by atoms with E-state index in [0.29, 0.717) is 10.2 Å². The number of hydrogen-bond acceptors (Lipinski definition) is 6. The molecule has 0 spiro atoms. The number of fused-ring (bicyclic) bond motifs is 1. The number of nitrogens with two attached hydrogens (primary N) is 1. The fourth-order valence-corrected chi connectivity index (χ4v) is 2.56. The molecule has 2 amide bonds. The van der Waals surface area contributed by atoms with Crippen molar-refractivity contribution in [1.82, 2.24) is 10.3 Å². The number of thiazole rings is 1. The van der Waals surface area contributed by atoms with Crippen molar-refractivity contribution in [3.63, 3.8) is 0 Å². The molecule has 0 saturated heterocycles. The minimum atomic E-state index is -4.78. The van der Waals surface area contributed by atoms with Crippen molar-refractivity contribution in [3.05, 3.63) is 18.2 Å². The van der Waals surface area contributed by atoms with E-state index in [0.717, 1.165) is 17.4 Å². The van der Waals surface area contributed by atoms with Gasteiger partial charge in [0.25, 0.3) is 0 Å². The molecule has 7 nitrogen and oxygen atoms in total. The third kappa shape index (κ3) is 5.06. The van der Waals surface area contributed by atoms with Crippen LogP contribution in [0.1, 0.15) is 6.92 Å². The largest absolute Gasteiger partial charge is 0.573 e. The molecule has 0 radical (unpaired) electrons. The molecule has 130 valence electrons. The maximum absolute atomic E-state index is 12.2. The van der Waals surface area contributed by atoms with Gasteiger partial charge in [-0.25, -0.2) is 4.98 Å². The number of rotatable bonds is 5. The standard InChI is InChI=1S/C13H13F3N4O3S/c1-6(17)11(22)18-5-10(21)20-12-19-8-3-2-7(4-9(8)24-12)23-13(14,15)16/h2-4,6H,5,17H2,1H3,(H,18,22)(H,19,20,21)/t6-/m1/s1. The van der Waals surface area contributed by atoms with E-state index in [1.807, 2.05) is 0 Å². The third-order valence-corrected chi connectivity index (χ3v) is 3.61. The Balaban J connectivity index is 2.02. The lowest BCUT2D eigenvalue weighted by Gasteiger charge is -2.07. The Bertz CT molecular complexity index is 760. The van der Waals surface area contributed by atoms with Gasteiger partial charge in [-0.1, -0.05) is 11.3 Å². The van der Waals surface area contributed by atoms with Gasteiger partial charge >= 0.3 is 6.36 Å². The van der Waals surface area contributed by atoms with Crippen LogP contribution in [0.5, 0.6) is 5.75 Å². The molecule has 1 heterocycles. The van der Waals surface area contributed by atoms with Gasteiger partial charge in [0.15, 0.2) is 5.13 Å². The van der Waals surface area contributed by atoms with Crippen LogP contribution in [-0.2, 0) is 9.59 Å². The number of amides is 2. The Morgan fingerprint density at radius 1 is 1.42 bits per heavy atom. The summed E-state index contributed by atoms with van der Waals surface area (Å²) < 4.78 is 40.8. The summed E-state index contributed by atoms with van der Waals surface area (Å²) in [5, 5.41) is 4.96. The van der Waals surface area contributed by atoms with Gasteiger partial charge in [-0.15, -0.1) is 13.2 Å². The number of carbonyl (C=O) groups excluding carboxylic acids is 2. The van der Waals surface area contributed by atoms with Crippen LogP contribution < -0.4 is 21.1 Å².